The maximum atomic E-state index is 13.8. The molecule has 2 N–H and O–H groups in total. The molecule has 6 heteroatoms. The number of nitrogens with zero attached hydrogens (tertiary/aromatic N) is 2. The van der Waals surface area contributed by atoms with Gasteiger partial charge in [0.25, 0.3) is 5.91 Å². The zero-order valence-electron chi connectivity index (χ0n) is 19.7. The zero-order valence-corrected chi connectivity index (χ0v) is 19.7. The summed E-state index contributed by atoms with van der Waals surface area (Å²) < 4.78 is 6.10. The van der Waals surface area contributed by atoms with Crippen LogP contribution >= 0.6 is 0 Å². The molecule has 0 aromatic heterocycles. The van der Waals surface area contributed by atoms with Crippen molar-refractivity contribution < 1.29 is 14.3 Å². The number of carbonyl (C=O) groups excluding carboxylic acids is 2. The molecule has 1 unspecified atom stereocenters. The van der Waals surface area contributed by atoms with Gasteiger partial charge >= 0.3 is 0 Å². The molecule has 4 rings (SSSR count). The fourth-order valence-electron chi connectivity index (χ4n) is 4.34. The lowest BCUT2D eigenvalue weighted by molar-refractivity contribution is -0.144. The predicted octanol–water partition coefficient (Wildman–Crippen LogP) is 3.71. The molecule has 1 heterocycles. The first-order chi connectivity index (χ1) is 16.4. The van der Waals surface area contributed by atoms with Crippen LogP contribution in [0.3, 0.4) is 0 Å². The van der Waals surface area contributed by atoms with E-state index in [1.807, 2.05) is 48.5 Å². The Labute approximate surface area is 200 Å². The highest BCUT2D eigenvalue weighted by atomic mass is 16.5. The minimum Gasteiger partial charge on any atom is -0.478 e. The van der Waals surface area contributed by atoms with Crippen molar-refractivity contribution in [2.75, 3.05) is 32.9 Å². The number of benzene rings is 3. The normalized spacial score (nSPS) is 14.7. The van der Waals surface area contributed by atoms with Crippen LogP contribution in [-0.2, 0) is 16.0 Å². The Morgan fingerprint density at radius 3 is 2.15 bits per heavy atom. The molecule has 3 aromatic carbocycles. The lowest BCUT2D eigenvalue weighted by Crippen LogP contribution is -2.49. The van der Waals surface area contributed by atoms with E-state index in [4.69, 9.17) is 10.5 Å². The highest BCUT2D eigenvalue weighted by molar-refractivity contribution is 5.87. The number of ether oxygens (including phenoxy) is 1. The van der Waals surface area contributed by atoms with Crippen LogP contribution in [0, 0.1) is 0 Å². The summed E-state index contributed by atoms with van der Waals surface area (Å²) in [6.07, 6.45) is 0.565. The Morgan fingerprint density at radius 1 is 0.941 bits per heavy atom. The SMILES string of the molecule is CN(C)C(=O)CN(CC(c1ccccc1)c1ccccc1)C(=O)C1CCc2cccc(N)c2O1. The van der Waals surface area contributed by atoms with Crippen LogP contribution in [0.25, 0.3) is 0 Å². The highest BCUT2D eigenvalue weighted by Crippen LogP contribution is 2.34. The topological polar surface area (TPSA) is 75.9 Å². The van der Waals surface area contributed by atoms with Crippen molar-refractivity contribution in [3.63, 3.8) is 0 Å². The Hall–Kier alpha value is -3.80. The van der Waals surface area contributed by atoms with Crippen LogP contribution in [0.5, 0.6) is 5.75 Å². The van der Waals surface area contributed by atoms with E-state index in [0.29, 0.717) is 30.8 Å². The minimum absolute atomic E-state index is 0.0149. The molecular formula is C28H31N3O3. The summed E-state index contributed by atoms with van der Waals surface area (Å²) in [4.78, 5) is 29.6. The summed E-state index contributed by atoms with van der Waals surface area (Å²) in [6, 6.07) is 25.8. The first-order valence-electron chi connectivity index (χ1n) is 11.6. The Morgan fingerprint density at radius 2 is 1.56 bits per heavy atom. The molecule has 0 spiro atoms. The molecule has 0 radical (unpaired) electrons. The van der Waals surface area contributed by atoms with Gasteiger partial charge in [-0.15, -0.1) is 0 Å². The second-order valence-electron chi connectivity index (χ2n) is 8.86. The Bertz CT molecular complexity index is 1090. The summed E-state index contributed by atoms with van der Waals surface area (Å²) in [5, 5.41) is 0. The number of aryl methyl sites for hydroxylation is 1. The van der Waals surface area contributed by atoms with E-state index in [1.165, 1.54) is 4.90 Å². The number of nitrogens with two attached hydrogens (primary N) is 1. The van der Waals surface area contributed by atoms with Gasteiger partial charge in [-0.05, 0) is 35.6 Å². The van der Waals surface area contributed by atoms with E-state index in [9.17, 15) is 9.59 Å². The number of fused-ring (bicyclic) bond motifs is 1. The Balaban J connectivity index is 1.64. The minimum atomic E-state index is -0.681. The van der Waals surface area contributed by atoms with Gasteiger partial charge in [0.05, 0.1) is 12.2 Å². The van der Waals surface area contributed by atoms with Crippen molar-refractivity contribution in [1.29, 1.82) is 0 Å². The highest BCUT2D eigenvalue weighted by Gasteiger charge is 2.33. The molecule has 1 atom stereocenters. The van der Waals surface area contributed by atoms with Crippen molar-refractivity contribution >= 4 is 17.5 Å². The van der Waals surface area contributed by atoms with Gasteiger partial charge in [-0.3, -0.25) is 9.59 Å². The van der Waals surface area contributed by atoms with Crippen LogP contribution in [0.1, 0.15) is 29.0 Å². The molecule has 0 bridgehead atoms. The summed E-state index contributed by atoms with van der Waals surface area (Å²) >= 11 is 0. The molecule has 0 fully saturated rings. The first kappa shape index (κ1) is 23.4. The summed E-state index contributed by atoms with van der Waals surface area (Å²) in [5.74, 6) is 0.167. The standard InChI is InChI=1S/C28H31N3O3/c1-30(2)26(32)19-31(28(33)25-17-16-22-14-9-15-24(29)27(22)34-25)18-23(20-10-5-3-6-11-20)21-12-7-4-8-13-21/h3-15,23,25H,16-19,29H2,1-2H3. The molecule has 2 amide bonds. The monoisotopic (exact) mass is 457 g/mol. The van der Waals surface area contributed by atoms with Crippen molar-refractivity contribution in [2.45, 2.75) is 24.9 Å². The number of para-hydroxylation sites is 1. The summed E-state index contributed by atoms with van der Waals surface area (Å²) in [7, 11) is 3.40. The van der Waals surface area contributed by atoms with Crippen molar-refractivity contribution in [1.82, 2.24) is 9.80 Å². The molecule has 1 aliphatic rings. The zero-order chi connectivity index (χ0) is 24.1. The first-order valence-corrected chi connectivity index (χ1v) is 11.6. The molecule has 0 aliphatic carbocycles. The van der Waals surface area contributed by atoms with Gasteiger partial charge in [0, 0.05) is 26.6 Å². The lowest BCUT2D eigenvalue weighted by Gasteiger charge is -2.33. The maximum Gasteiger partial charge on any atom is 0.264 e. The fraction of sp³-hybridized carbons (Fsp3) is 0.286. The number of rotatable bonds is 7. The van der Waals surface area contributed by atoms with Crippen molar-refractivity contribution in [2.24, 2.45) is 0 Å². The average molecular weight is 458 g/mol. The molecule has 176 valence electrons. The van der Waals surface area contributed by atoms with Gasteiger partial charge in [0.2, 0.25) is 5.91 Å². The van der Waals surface area contributed by atoms with Gasteiger partial charge < -0.3 is 20.3 Å². The van der Waals surface area contributed by atoms with Crippen LogP contribution in [0.15, 0.2) is 78.9 Å². The predicted molar refractivity (Wildman–Crippen MR) is 134 cm³/mol. The number of carbonyl (C=O) groups is 2. The van der Waals surface area contributed by atoms with E-state index >= 15 is 0 Å². The number of hydrogen-bond acceptors (Lipinski definition) is 4. The second kappa shape index (κ2) is 10.4. The Kier molecular flexibility index (Phi) is 7.16. The van der Waals surface area contributed by atoms with Crippen molar-refractivity contribution in [3.8, 4) is 5.75 Å². The van der Waals surface area contributed by atoms with Gasteiger partial charge in [0.1, 0.15) is 5.75 Å². The van der Waals surface area contributed by atoms with E-state index in [2.05, 4.69) is 24.3 Å². The quantitative estimate of drug-likeness (QED) is 0.549. The van der Waals surface area contributed by atoms with E-state index in [-0.39, 0.29) is 24.3 Å². The molecule has 6 nitrogen and oxygen atoms in total. The smallest absolute Gasteiger partial charge is 0.264 e. The van der Waals surface area contributed by atoms with E-state index in [1.54, 1.807) is 25.1 Å². The molecule has 0 saturated heterocycles. The van der Waals surface area contributed by atoms with Gasteiger partial charge in [-0.25, -0.2) is 0 Å². The number of nitrogen functional groups attached to an aromatic ring is 1. The maximum absolute atomic E-state index is 13.8. The largest absolute Gasteiger partial charge is 0.478 e. The van der Waals surface area contributed by atoms with Gasteiger partial charge in [0.15, 0.2) is 6.10 Å². The summed E-state index contributed by atoms with van der Waals surface area (Å²) in [5.41, 5.74) is 9.83. The third-order valence-electron chi connectivity index (χ3n) is 6.28. The molecule has 34 heavy (non-hydrogen) atoms. The second-order valence-corrected chi connectivity index (χ2v) is 8.86. The van der Waals surface area contributed by atoms with Gasteiger partial charge in [-0.1, -0.05) is 72.8 Å². The van der Waals surface area contributed by atoms with E-state index < -0.39 is 6.10 Å². The number of likely N-dealkylation sites (N-methyl/N-ethyl adjacent to an activating group) is 1. The molecule has 0 saturated carbocycles. The van der Waals surface area contributed by atoms with Crippen molar-refractivity contribution in [3.05, 3.63) is 95.6 Å². The van der Waals surface area contributed by atoms with Crippen LogP contribution in [0.4, 0.5) is 5.69 Å². The number of hydrogen-bond donors (Lipinski definition) is 1. The van der Waals surface area contributed by atoms with E-state index in [0.717, 1.165) is 16.7 Å². The lowest BCUT2D eigenvalue weighted by atomic mass is 9.90. The molecule has 3 aromatic rings. The average Bonchev–Trinajstić information content (AvgIpc) is 2.87. The third-order valence-corrected chi connectivity index (χ3v) is 6.28. The van der Waals surface area contributed by atoms with Crippen LogP contribution in [-0.4, -0.2) is 54.9 Å². The summed E-state index contributed by atoms with van der Waals surface area (Å²) in [6.45, 7) is 0.350. The fourth-order valence-corrected chi connectivity index (χ4v) is 4.34. The number of amides is 2. The number of anilines is 1. The van der Waals surface area contributed by atoms with Gasteiger partial charge in [-0.2, -0.15) is 0 Å². The van der Waals surface area contributed by atoms with Crippen LogP contribution < -0.4 is 10.5 Å². The van der Waals surface area contributed by atoms with Crippen LogP contribution in [0.2, 0.25) is 0 Å². The molecule has 1 aliphatic heterocycles. The third kappa shape index (κ3) is 5.22. The molecular weight excluding hydrogens is 426 g/mol.